The van der Waals surface area contributed by atoms with Crippen molar-refractivity contribution in [2.24, 2.45) is 0 Å². The zero-order chi connectivity index (χ0) is 17.9. The van der Waals surface area contributed by atoms with Crippen LogP contribution in [0.25, 0.3) is 0 Å². The molecular weight excluding hydrogens is 312 g/mol. The van der Waals surface area contributed by atoms with Gasteiger partial charge in [0.15, 0.2) is 5.82 Å². The summed E-state index contributed by atoms with van der Waals surface area (Å²) in [4.78, 5) is 26.5. The van der Waals surface area contributed by atoms with Gasteiger partial charge in [-0.15, -0.1) is 9.78 Å². The van der Waals surface area contributed by atoms with Gasteiger partial charge in [-0.2, -0.15) is 0 Å². The molecule has 1 aromatic carbocycles. The first-order chi connectivity index (χ1) is 11.2. The van der Waals surface area contributed by atoms with E-state index in [0.29, 0.717) is 24.5 Å². The van der Waals surface area contributed by atoms with Gasteiger partial charge in [-0.1, -0.05) is 12.1 Å². The lowest BCUT2D eigenvalue weighted by atomic mass is 10.1. The van der Waals surface area contributed by atoms with Gasteiger partial charge in [-0.25, -0.2) is 9.78 Å². The van der Waals surface area contributed by atoms with Crippen molar-refractivity contribution >= 4 is 11.8 Å². The molecule has 0 unspecified atom stereocenters. The van der Waals surface area contributed by atoms with E-state index >= 15 is 0 Å². The van der Waals surface area contributed by atoms with Crippen molar-refractivity contribution in [2.45, 2.75) is 46.1 Å². The lowest BCUT2D eigenvalue weighted by molar-refractivity contribution is -0.384. The highest BCUT2D eigenvalue weighted by Crippen LogP contribution is 2.14. The van der Waals surface area contributed by atoms with Crippen molar-refractivity contribution in [1.82, 2.24) is 14.8 Å². The third-order valence-corrected chi connectivity index (χ3v) is 3.16. The number of aryl methyl sites for hydroxylation is 3. The van der Waals surface area contributed by atoms with Gasteiger partial charge in [0.25, 0.3) is 5.69 Å². The first kappa shape index (κ1) is 17.6. The lowest BCUT2D eigenvalue weighted by Crippen LogP contribution is -2.28. The highest BCUT2D eigenvalue weighted by Gasteiger charge is 2.21. The number of ether oxygens (including phenoxy) is 1. The van der Waals surface area contributed by atoms with E-state index < -0.39 is 16.6 Å². The van der Waals surface area contributed by atoms with Crippen LogP contribution in [0, 0.1) is 17.0 Å². The number of nitro benzene ring substituents is 1. The van der Waals surface area contributed by atoms with Crippen molar-refractivity contribution in [1.29, 1.82) is 0 Å². The van der Waals surface area contributed by atoms with Gasteiger partial charge in [0.2, 0.25) is 0 Å². The summed E-state index contributed by atoms with van der Waals surface area (Å²) >= 11 is 0. The number of rotatable bonds is 4. The fraction of sp³-hybridized carbons (Fsp3) is 0.438. The minimum Gasteiger partial charge on any atom is -0.442 e. The molecule has 0 saturated heterocycles. The molecule has 128 valence electrons. The van der Waals surface area contributed by atoms with Gasteiger partial charge in [0.05, 0.1) is 4.92 Å². The van der Waals surface area contributed by atoms with Crippen LogP contribution in [-0.4, -0.2) is 31.4 Å². The van der Waals surface area contributed by atoms with Crippen molar-refractivity contribution < 1.29 is 14.5 Å². The number of nitrogens with zero attached hydrogens (tertiary/aromatic N) is 4. The molecule has 0 aliphatic carbocycles. The minimum atomic E-state index is -0.603. The molecule has 8 nitrogen and oxygen atoms in total. The number of benzene rings is 1. The number of carbonyl (C=O) groups is 1. The van der Waals surface area contributed by atoms with Crippen LogP contribution < -0.4 is 0 Å². The van der Waals surface area contributed by atoms with Crippen molar-refractivity contribution in [2.75, 3.05) is 0 Å². The zero-order valence-electron chi connectivity index (χ0n) is 14.1. The predicted octanol–water partition coefficient (Wildman–Crippen LogP) is 3.06. The Morgan fingerprint density at radius 3 is 2.42 bits per heavy atom. The summed E-state index contributed by atoms with van der Waals surface area (Å²) in [6.07, 6.45) is 0.582. The second kappa shape index (κ2) is 6.77. The molecule has 0 bridgehead atoms. The Morgan fingerprint density at radius 2 is 1.88 bits per heavy atom. The highest BCUT2D eigenvalue weighted by atomic mass is 16.6. The van der Waals surface area contributed by atoms with Gasteiger partial charge in [-0.05, 0) is 39.7 Å². The fourth-order valence-corrected chi connectivity index (χ4v) is 2.07. The third-order valence-electron chi connectivity index (χ3n) is 3.16. The van der Waals surface area contributed by atoms with Crippen LogP contribution in [0.15, 0.2) is 24.3 Å². The van der Waals surface area contributed by atoms with E-state index in [4.69, 9.17) is 4.74 Å². The smallest absolute Gasteiger partial charge is 0.436 e. The van der Waals surface area contributed by atoms with Gasteiger partial charge >= 0.3 is 6.09 Å². The van der Waals surface area contributed by atoms with Crippen LogP contribution in [-0.2, 0) is 17.6 Å². The van der Waals surface area contributed by atoms with E-state index in [2.05, 4.69) is 10.1 Å². The van der Waals surface area contributed by atoms with Crippen molar-refractivity contribution in [3.05, 3.63) is 51.6 Å². The van der Waals surface area contributed by atoms with Crippen LogP contribution in [0.5, 0.6) is 0 Å². The van der Waals surface area contributed by atoms with E-state index in [1.54, 1.807) is 39.8 Å². The van der Waals surface area contributed by atoms with Crippen LogP contribution in [0.2, 0.25) is 0 Å². The minimum absolute atomic E-state index is 0.0573. The maximum Gasteiger partial charge on any atom is 0.436 e. The first-order valence-electron chi connectivity index (χ1n) is 7.55. The van der Waals surface area contributed by atoms with Crippen LogP contribution >= 0.6 is 0 Å². The molecule has 0 N–H and O–H groups in total. The average Bonchev–Trinajstić information content (AvgIpc) is 2.85. The normalized spacial score (nSPS) is 11.3. The Labute approximate surface area is 139 Å². The van der Waals surface area contributed by atoms with Crippen molar-refractivity contribution in [3.8, 4) is 0 Å². The molecule has 0 atom stereocenters. The van der Waals surface area contributed by atoms with Crippen LogP contribution in [0.4, 0.5) is 10.5 Å². The SMILES string of the molecule is Cc1nc(CCc2ccc([N+](=O)[O-])cc2)nn1C(=O)OC(C)(C)C. The molecule has 8 heteroatoms. The standard InChI is InChI=1S/C16H20N4O4/c1-11-17-14(18-19(11)15(21)24-16(2,3)4)10-7-12-5-8-13(9-6-12)20(22)23/h5-6,8-9H,7,10H2,1-4H3. The number of hydrogen-bond donors (Lipinski definition) is 0. The molecule has 2 aromatic rings. The second-order valence-corrected chi connectivity index (χ2v) is 6.39. The first-order valence-corrected chi connectivity index (χ1v) is 7.55. The van der Waals surface area contributed by atoms with E-state index in [-0.39, 0.29) is 5.69 Å². The summed E-state index contributed by atoms with van der Waals surface area (Å²) in [5.74, 6) is 0.986. The van der Waals surface area contributed by atoms with E-state index in [9.17, 15) is 14.9 Å². The Hall–Kier alpha value is -2.77. The number of nitro groups is 1. The number of hydrogen-bond acceptors (Lipinski definition) is 6. The summed E-state index contributed by atoms with van der Waals surface area (Å²) in [6.45, 7) is 7.04. The Morgan fingerprint density at radius 1 is 1.25 bits per heavy atom. The monoisotopic (exact) mass is 332 g/mol. The molecule has 0 radical (unpaired) electrons. The maximum atomic E-state index is 12.0. The largest absolute Gasteiger partial charge is 0.442 e. The molecule has 0 aliphatic rings. The summed E-state index contributed by atoms with van der Waals surface area (Å²) in [6, 6.07) is 6.34. The number of carbonyl (C=O) groups excluding carboxylic acids is 1. The van der Waals surface area contributed by atoms with Crippen LogP contribution in [0.1, 0.15) is 38.0 Å². The van der Waals surface area contributed by atoms with E-state index in [0.717, 1.165) is 10.2 Å². The predicted molar refractivity (Wildman–Crippen MR) is 86.9 cm³/mol. The lowest BCUT2D eigenvalue weighted by Gasteiger charge is -2.18. The summed E-state index contributed by atoms with van der Waals surface area (Å²) in [5, 5.41) is 14.8. The van der Waals surface area contributed by atoms with Gasteiger partial charge < -0.3 is 4.74 Å². The van der Waals surface area contributed by atoms with E-state index in [1.165, 1.54) is 12.1 Å². The molecule has 0 fully saturated rings. The fourth-order valence-electron chi connectivity index (χ4n) is 2.07. The number of aromatic nitrogens is 3. The summed E-state index contributed by atoms with van der Waals surface area (Å²) < 4.78 is 6.42. The zero-order valence-corrected chi connectivity index (χ0v) is 14.1. The maximum absolute atomic E-state index is 12.0. The highest BCUT2D eigenvalue weighted by molar-refractivity contribution is 5.70. The van der Waals surface area contributed by atoms with Gasteiger partial charge in [0.1, 0.15) is 11.4 Å². The molecule has 2 rings (SSSR count). The number of non-ortho nitro benzene ring substituents is 1. The topological polar surface area (TPSA) is 100 Å². The van der Waals surface area contributed by atoms with Gasteiger partial charge in [0, 0.05) is 18.6 Å². The molecule has 0 saturated carbocycles. The Kier molecular flexibility index (Phi) is 4.96. The van der Waals surface area contributed by atoms with Crippen molar-refractivity contribution in [3.63, 3.8) is 0 Å². The second-order valence-electron chi connectivity index (χ2n) is 6.39. The quantitative estimate of drug-likeness (QED) is 0.630. The molecule has 0 aliphatic heterocycles. The molecule has 0 amide bonds. The van der Waals surface area contributed by atoms with Gasteiger partial charge in [-0.3, -0.25) is 10.1 Å². The third kappa shape index (κ3) is 4.61. The molecule has 1 aromatic heterocycles. The van der Waals surface area contributed by atoms with E-state index in [1.807, 2.05) is 0 Å². The summed E-state index contributed by atoms with van der Waals surface area (Å²) in [5.41, 5.74) is 0.391. The average molecular weight is 332 g/mol. The Balaban J connectivity index is 2.02. The van der Waals surface area contributed by atoms with Crippen LogP contribution in [0.3, 0.4) is 0 Å². The molecular formula is C16H20N4O4. The molecule has 1 heterocycles. The molecule has 24 heavy (non-hydrogen) atoms. The molecule has 0 spiro atoms. The Bertz CT molecular complexity index is 744. The summed E-state index contributed by atoms with van der Waals surface area (Å²) in [7, 11) is 0.